The second kappa shape index (κ2) is 4.83. The number of phenolic OH excluding ortho intramolecular Hbond substituents is 1. The first kappa shape index (κ1) is 10.8. The first-order valence-corrected chi connectivity index (χ1v) is 4.49. The lowest BCUT2D eigenvalue weighted by Crippen LogP contribution is -2.11. The summed E-state index contributed by atoms with van der Waals surface area (Å²) in [5.74, 6) is 0.700. The van der Waals surface area contributed by atoms with Gasteiger partial charge >= 0.3 is 0 Å². The summed E-state index contributed by atoms with van der Waals surface area (Å²) < 4.78 is 5.47. The predicted molar refractivity (Wildman–Crippen MR) is 52.5 cm³/mol. The molecular formula is C10H15NO3. The summed E-state index contributed by atoms with van der Waals surface area (Å²) in [6.07, 6.45) is 0.0363. The molecule has 1 aromatic rings. The largest absolute Gasteiger partial charge is 0.507 e. The van der Waals surface area contributed by atoms with Crippen molar-refractivity contribution in [1.82, 2.24) is 5.48 Å². The zero-order chi connectivity index (χ0) is 10.6. The summed E-state index contributed by atoms with van der Waals surface area (Å²) in [4.78, 5) is 0. The quantitative estimate of drug-likeness (QED) is 0.642. The third-order valence-electron chi connectivity index (χ3n) is 1.73. The van der Waals surface area contributed by atoms with E-state index in [4.69, 9.17) is 9.94 Å². The molecule has 0 unspecified atom stereocenters. The van der Waals surface area contributed by atoms with E-state index in [0.29, 0.717) is 11.3 Å². The van der Waals surface area contributed by atoms with Crippen LogP contribution in [0.3, 0.4) is 0 Å². The number of rotatable bonds is 4. The third kappa shape index (κ3) is 2.61. The van der Waals surface area contributed by atoms with Gasteiger partial charge in [0, 0.05) is 0 Å². The van der Waals surface area contributed by atoms with Crippen LogP contribution in [-0.4, -0.2) is 16.4 Å². The number of hydrogen-bond acceptors (Lipinski definition) is 4. The highest BCUT2D eigenvalue weighted by Gasteiger charge is 2.09. The highest BCUT2D eigenvalue weighted by atomic mass is 16.5. The number of nitrogens with one attached hydrogen (secondary N) is 1. The molecule has 3 N–H and O–H groups in total. The minimum atomic E-state index is 0.0363. The van der Waals surface area contributed by atoms with E-state index in [1.54, 1.807) is 18.2 Å². The van der Waals surface area contributed by atoms with E-state index >= 15 is 0 Å². The molecule has 0 aliphatic carbocycles. The van der Waals surface area contributed by atoms with Crippen molar-refractivity contribution in [3.8, 4) is 11.5 Å². The summed E-state index contributed by atoms with van der Waals surface area (Å²) in [7, 11) is 0. The van der Waals surface area contributed by atoms with Crippen molar-refractivity contribution in [2.45, 2.75) is 26.5 Å². The van der Waals surface area contributed by atoms with Gasteiger partial charge in [-0.2, -0.15) is 0 Å². The minimum absolute atomic E-state index is 0.0363. The lowest BCUT2D eigenvalue weighted by molar-refractivity contribution is 0.156. The number of ether oxygens (including phenoxy) is 1. The van der Waals surface area contributed by atoms with Crippen molar-refractivity contribution in [3.05, 3.63) is 23.8 Å². The Kier molecular flexibility index (Phi) is 3.73. The molecule has 0 aromatic heterocycles. The van der Waals surface area contributed by atoms with Crippen LogP contribution in [0.5, 0.6) is 11.5 Å². The molecule has 78 valence electrons. The second-order valence-corrected chi connectivity index (χ2v) is 3.26. The third-order valence-corrected chi connectivity index (χ3v) is 1.73. The molecule has 0 amide bonds. The van der Waals surface area contributed by atoms with Gasteiger partial charge in [-0.1, -0.05) is 6.07 Å². The van der Waals surface area contributed by atoms with Gasteiger partial charge in [-0.05, 0) is 26.0 Å². The molecular weight excluding hydrogens is 182 g/mol. The predicted octanol–water partition coefficient (Wildman–Crippen LogP) is 1.66. The van der Waals surface area contributed by atoms with Crippen molar-refractivity contribution >= 4 is 0 Å². The molecule has 0 atom stereocenters. The highest BCUT2D eigenvalue weighted by Crippen LogP contribution is 2.27. The fraction of sp³-hybridized carbons (Fsp3) is 0.400. The van der Waals surface area contributed by atoms with Gasteiger partial charge in [-0.15, -0.1) is 0 Å². The molecule has 14 heavy (non-hydrogen) atoms. The van der Waals surface area contributed by atoms with Crippen LogP contribution in [-0.2, 0) is 6.54 Å². The maximum Gasteiger partial charge on any atom is 0.127 e. The molecule has 0 aliphatic rings. The van der Waals surface area contributed by atoms with E-state index in [2.05, 4.69) is 0 Å². The van der Waals surface area contributed by atoms with E-state index in [1.807, 2.05) is 19.3 Å². The van der Waals surface area contributed by atoms with E-state index in [1.165, 1.54) is 0 Å². The summed E-state index contributed by atoms with van der Waals surface area (Å²) in [5.41, 5.74) is 2.56. The summed E-state index contributed by atoms with van der Waals surface area (Å²) in [6, 6.07) is 5.01. The fourth-order valence-electron chi connectivity index (χ4n) is 1.18. The molecule has 0 heterocycles. The maximum atomic E-state index is 9.50. The first-order valence-electron chi connectivity index (χ1n) is 4.49. The molecule has 1 rings (SSSR count). The van der Waals surface area contributed by atoms with Crippen LogP contribution in [0.15, 0.2) is 18.2 Å². The fourth-order valence-corrected chi connectivity index (χ4v) is 1.18. The molecule has 0 spiro atoms. The Bertz CT molecular complexity index is 299. The van der Waals surface area contributed by atoms with Gasteiger partial charge in [0.25, 0.3) is 0 Å². The van der Waals surface area contributed by atoms with Gasteiger partial charge in [0.2, 0.25) is 0 Å². The number of phenols is 1. The van der Waals surface area contributed by atoms with Gasteiger partial charge in [0.15, 0.2) is 0 Å². The van der Waals surface area contributed by atoms with E-state index < -0.39 is 0 Å². The Hall–Kier alpha value is -1.26. The smallest absolute Gasteiger partial charge is 0.127 e. The Balaban J connectivity index is 2.95. The van der Waals surface area contributed by atoms with Gasteiger partial charge in [0.05, 0.1) is 18.2 Å². The van der Waals surface area contributed by atoms with Crippen LogP contribution in [0.1, 0.15) is 19.4 Å². The molecule has 0 saturated carbocycles. The van der Waals surface area contributed by atoms with Crippen molar-refractivity contribution in [3.63, 3.8) is 0 Å². The number of hydroxylamine groups is 1. The van der Waals surface area contributed by atoms with Crippen molar-refractivity contribution in [2.75, 3.05) is 0 Å². The van der Waals surface area contributed by atoms with Crippen LogP contribution in [0, 0.1) is 0 Å². The van der Waals surface area contributed by atoms with Gasteiger partial charge < -0.3 is 15.1 Å². The van der Waals surface area contributed by atoms with Gasteiger partial charge in [0.1, 0.15) is 11.5 Å². The van der Waals surface area contributed by atoms with Crippen LogP contribution in [0.25, 0.3) is 0 Å². The lowest BCUT2D eigenvalue weighted by atomic mass is 10.2. The molecule has 4 heteroatoms. The lowest BCUT2D eigenvalue weighted by Gasteiger charge is -2.14. The van der Waals surface area contributed by atoms with Crippen molar-refractivity contribution < 1.29 is 15.1 Å². The Morgan fingerprint density at radius 1 is 1.43 bits per heavy atom. The summed E-state index contributed by atoms with van der Waals surface area (Å²) in [5, 5.41) is 18.1. The van der Waals surface area contributed by atoms with Crippen LogP contribution < -0.4 is 10.2 Å². The molecule has 0 bridgehead atoms. The normalized spacial score (nSPS) is 10.6. The number of benzene rings is 1. The molecule has 0 fully saturated rings. The maximum absolute atomic E-state index is 9.50. The van der Waals surface area contributed by atoms with Crippen molar-refractivity contribution in [2.24, 2.45) is 0 Å². The van der Waals surface area contributed by atoms with Gasteiger partial charge in [-0.25, -0.2) is 5.48 Å². The van der Waals surface area contributed by atoms with E-state index in [0.717, 1.165) is 0 Å². The van der Waals surface area contributed by atoms with Crippen LogP contribution in [0.4, 0.5) is 0 Å². The zero-order valence-corrected chi connectivity index (χ0v) is 8.32. The first-order chi connectivity index (χ1) is 6.65. The standard InChI is InChI=1S/C10H15NO3/c1-7(2)14-10-5-3-4-9(12)8(10)6-11-13/h3-5,7,11-13H,6H2,1-2H3. The molecule has 0 aliphatic heterocycles. The number of aromatic hydroxyl groups is 1. The molecule has 0 radical (unpaired) electrons. The Morgan fingerprint density at radius 3 is 2.71 bits per heavy atom. The zero-order valence-electron chi connectivity index (χ0n) is 8.32. The van der Waals surface area contributed by atoms with E-state index in [9.17, 15) is 5.11 Å². The average Bonchev–Trinajstić information content (AvgIpc) is 2.10. The summed E-state index contributed by atoms with van der Waals surface area (Å²) in [6.45, 7) is 3.97. The highest BCUT2D eigenvalue weighted by molar-refractivity contribution is 5.43. The van der Waals surface area contributed by atoms with Gasteiger partial charge in [-0.3, -0.25) is 0 Å². The monoisotopic (exact) mass is 197 g/mol. The molecule has 4 nitrogen and oxygen atoms in total. The Labute approximate surface area is 83.1 Å². The second-order valence-electron chi connectivity index (χ2n) is 3.26. The van der Waals surface area contributed by atoms with E-state index in [-0.39, 0.29) is 18.4 Å². The average molecular weight is 197 g/mol. The SMILES string of the molecule is CC(C)Oc1cccc(O)c1CNO. The topological polar surface area (TPSA) is 61.7 Å². The van der Waals surface area contributed by atoms with Crippen LogP contribution >= 0.6 is 0 Å². The number of hydrogen-bond donors (Lipinski definition) is 3. The molecule has 0 saturated heterocycles. The van der Waals surface area contributed by atoms with Crippen LogP contribution in [0.2, 0.25) is 0 Å². The minimum Gasteiger partial charge on any atom is -0.507 e. The molecule has 1 aromatic carbocycles. The summed E-state index contributed by atoms with van der Waals surface area (Å²) >= 11 is 0. The Morgan fingerprint density at radius 2 is 2.14 bits per heavy atom. The van der Waals surface area contributed by atoms with Crippen molar-refractivity contribution in [1.29, 1.82) is 0 Å².